The molecule has 3 aromatic carbocycles. The van der Waals surface area contributed by atoms with E-state index in [-0.39, 0.29) is 5.75 Å². The van der Waals surface area contributed by atoms with Gasteiger partial charge in [-0.05, 0) is 22.9 Å². The lowest BCUT2D eigenvalue weighted by molar-refractivity contribution is 0.480. The number of benzene rings is 3. The lowest BCUT2D eigenvalue weighted by atomic mass is 10.0. The van der Waals surface area contributed by atoms with Gasteiger partial charge in [0, 0.05) is 16.8 Å². The van der Waals surface area contributed by atoms with E-state index >= 15 is 0 Å². The van der Waals surface area contributed by atoms with Crippen LogP contribution in [0.3, 0.4) is 0 Å². The number of aromatic hydroxyl groups is 1. The summed E-state index contributed by atoms with van der Waals surface area (Å²) >= 11 is 0. The summed E-state index contributed by atoms with van der Waals surface area (Å²) in [6.07, 6.45) is 0. The van der Waals surface area contributed by atoms with Crippen LogP contribution >= 0.6 is 0 Å². The third-order valence-corrected chi connectivity index (χ3v) is 3.59. The number of phenolic OH excluding ortho intramolecular Hbond substituents is 1. The van der Waals surface area contributed by atoms with E-state index in [2.05, 4.69) is 28.2 Å². The molecule has 0 bridgehead atoms. The highest BCUT2D eigenvalue weighted by Crippen LogP contribution is 2.26. The van der Waals surface area contributed by atoms with Crippen LogP contribution < -0.4 is 10.7 Å². The Kier molecular flexibility index (Phi) is 2.09. The van der Waals surface area contributed by atoms with E-state index in [0.717, 1.165) is 38.8 Å². The van der Waals surface area contributed by atoms with Gasteiger partial charge in [0.2, 0.25) is 0 Å². The minimum Gasteiger partial charge on any atom is -0.507 e. The van der Waals surface area contributed by atoms with Gasteiger partial charge in [0.1, 0.15) is 5.75 Å². The molecule has 0 aromatic heterocycles. The number of phenols is 1. The van der Waals surface area contributed by atoms with Crippen molar-refractivity contribution >= 4 is 21.5 Å². The third kappa shape index (κ3) is 1.51. The van der Waals surface area contributed by atoms with Crippen molar-refractivity contribution < 1.29 is 5.11 Å². The molecule has 0 unspecified atom stereocenters. The molecule has 0 aliphatic carbocycles. The number of hydrogen-bond donors (Lipinski definition) is 1. The van der Waals surface area contributed by atoms with Gasteiger partial charge in [-0.3, -0.25) is 9.98 Å². The minimum absolute atomic E-state index is 0.278. The summed E-state index contributed by atoms with van der Waals surface area (Å²) in [5, 5.41) is 16.0. The summed E-state index contributed by atoms with van der Waals surface area (Å²) in [6, 6.07) is 14.0. The summed E-state index contributed by atoms with van der Waals surface area (Å²) < 4.78 is 0. The summed E-state index contributed by atoms with van der Waals surface area (Å²) in [6.45, 7) is 1.42. The molecule has 4 rings (SSSR count). The Labute approximate surface area is 109 Å². The zero-order chi connectivity index (χ0) is 12.8. The van der Waals surface area contributed by atoms with E-state index in [1.165, 1.54) is 0 Å². The number of nitrogens with zero attached hydrogens (tertiary/aromatic N) is 2. The van der Waals surface area contributed by atoms with Gasteiger partial charge >= 0.3 is 0 Å². The zero-order valence-electron chi connectivity index (χ0n) is 10.3. The Morgan fingerprint density at radius 3 is 2.32 bits per heavy atom. The molecule has 0 saturated heterocycles. The van der Waals surface area contributed by atoms with Crippen LogP contribution in [0.2, 0.25) is 0 Å². The van der Waals surface area contributed by atoms with Crippen molar-refractivity contribution in [2.75, 3.05) is 13.1 Å². The monoisotopic (exact) mass is 248 g/mol. The predicted molar refractivity (Wildman–Crippen MR) is 75.2 cm³/mol. The SMILES string of the molecule is Oc1cc2c(c3cc4ccccc4cc13)=NCCN=2. The van der Waals surface area contributed by atoms with Gasteiger partial charge in [0.05, 0.1) is 23.8 Å². The summed E-state index contributed by atoms with van der Waals surface area (Å²) in [4.78, 5) is 8.99. The van der Waals surface area contributed by atoms with Crippen LogP contribution in [0.25, 0.3) is 21.5 Å². The Balaban J connectivity index is 2.30. The molecule has 1 aliphatic heterocycles. The van der Waals surface area contributed by atoms with Crippen LogP contribution in [0.5, 0.6) is 5.75 Å². The first-order chi connectivity index (χ1) is 9.33. The molecule has 0 fully saturated rings. The molecule has 3 heteroatoms. The fraction of sp³-hybridized carbons (Fsp3) is 0.125. The Morgan fingerprint density at radius 1 is 0.842 bits per heavy atom. The topological polar surface area (TPSA) is 45.0 Å². The van der Waals surface area contributed by atoms with E-state index in [0.29, 0.717) is 6.54 Å². The normalized spacial score (nSPS) is 13.9. The smallest absolute Gasteiger partial charge is 0.125 e. The second-order valence-corrected chi connectivity index (χ2v) is 4.77. The van der Waals surface area contributed by atoms with Gasteiger partial charge in [0.25, 0.3) is 0 Å². The van der Waals surface area contributed by atoms with Crippen LogP contribution in [0.4, 0.5) is 0 Å². The molecule has 0 spiro atoms. The van der Waals surface area contributed by atoms with Gasteiger partial charge in [-0.2, -0.15) is 0 Å². The van der Waals surface area contributed by atoms with Crippen molar-refractivity contribution in [2.24, 2.45) is 9.98 Å². The fourth-order valence-electron chi connectivity index (χ4n) is 2.68. The second kappa shape index (κ2) is 3.79. The molecule has 92 valence electrons. The maximum atomic E-state index is 10.2. The highest BCUT2D eigenvalue weighted by Gasteiger charge is 2.08. The fourth-order valence-corrected chi connectivity index (χ4v) is 2.68. The molecule has 0 saturated carbocycles. The summed E-state index contributed by atoms with van der Waals surface area (Å²) in [5.74, 6) is 0.278. The van der Waals surface area contributed by atoms with Crippen molar-refractivity contribution in [1.82, 2.24) is 0 Å². The van der Waals surface area contributed by atoms with Crippen molar-refractivity contribution in [3.63, 3.8) is 0 Å². The van der Waals surface area contributed by atoms with E-state index in [9.17, 15) is 5.11 Å². The van der Waals surface area contributed by atoms with Gasteiger partial charge in [-0.15, -0.1) is 0 Å². The average Bonchev–Trinajstić information content (AvgIpc) is 2.46. The van der Waals surface area contributed by atoms with Crippen LogP contribution in [-0.2, 0) is 0 Å². The third-order valence-electron chi connectivity index (χ3n) is 3.59. The molecular formula is C16H12N2O. The van der Waals surface area contributed by atoms with E-state index in [1.54, 1.807) is 6.07 Å². The number of rotatable bonds is 0. The largest absolute Gasteiger partial charge is 0.507 e. The zero-order valence-corrected chi connectivity index (χ0v) is 10.3. The van der Waals surface area contributed by atoms with Crippen LogP contribution in [0, 0.1) is 0 Å². The Bertz CT molecular complexity index is 929. The molecule has 3 aromatic rings. The molecule has 0 atom stereocenters. The molecule has 3 nitrogen and oxygen atoms in total. The first-order valence-electron chi connectivity index (χ1n) is 6.36. The van der Waals surface area contributed by atoms with Crippen LogP contribution in [0.15, 0.2) is 52.4 Å². The maximum absolute atomic E-state index is 10.2. The van der Waals surface area contributed by atoms with Crippen LogP contribution in [-0.4, -0.2) is 18.2 Å². The minimum atomic E-state index is 0.278. The molecule has 1 heterocycles. The molecule has 0 amide bonds. The van der Waals surface area contributed by atoms with Crippen molar-refractivity contribution in [3.05, 3.63) is 53.2 Å². The quantitative estimate of drug-likeness (QED) is 0.607. The average molecular weight is 248 g/mol. The van der Waals surface area contributed by atoms with E-state index in [4.69, 9.17) is 0 Å². The van der Waals surface area contributed by atoms with Crippen molar-refractivity contribution in [1.29, 1.82) is 0 Å². The Hall–Kier alpha value is -2.42. The van der Waals surface area contributed by atoms with Gasteiger partial charge in [-0.25, -0.2) is 0 Å². The summed E-state index contributed by atoms with van der Waals surface area (Å²) in [7, 11) is 0. The number of fused-ring (bicyclic) bond motifs is 4. The molecule has 1 N–H and O–H groups in total. The van der Waals surface area contributed by atoms with Crippen molar-refractivity contribution in [3.8, 4) is 5.75 Å². The maximum Gasteiger partial charge on any atom is 0.125 e. The second-order valence-electron chi connectivity index (χ2n) is 4.77. The first-order valence-corrected chi connectivity index (χ1v) is 6.36. The predicted octanol–water partition coefficient (Wildman–Crippen LogP) is 1.95. The highest BCUT2D eigenvalue weighted by molar-refractivity contribution is 6.00. The summed E-state index contributed by atoms with van der Waals surface area (Å²) in [5.41, 5.74) is 0. The molecule has 0 radical (unpaired) electrons. The van der Waals surface area contributed by atoms with Gasteiger partial charge in [0.15, 0.2) is 0 Å². The van der Waals surface area contributed by atoms with E-state index < -0.39 is 0 Å². The number of hydrogen-bond acceptors (Lipinski definition) is 3. The van der Waals surface area contributed by atoms with Gasteiger partial charge < -0.3 is 5.11 Å². The molecule has 1 aliphatic rings. The highest BCUT2D eigenvalue weighted by atomic mass is 16.3. The molecular weight excluding hydrogens is 236 g/mol. The van der Waals surface area contributed by atoms with Gasteiger partial charge in [-0.1, -0.05) is 24.3 Å². The lowest BCUT2D eigenvalue weighted by Gasteiger charge is -2.07. The Morgan fingerprint density at radius 2 is 1.53 bits per heavy atom. The first kappa shape index (κ1) is 10.5. The standard InChI is InChI=1S/C16H12N2O/c19-15-9-14-16(18-6-5-17-14)13-8-11-4-2-1-3-10(11)7-12(13)15/h1-4,7-9,19H,5-6H2. The van der Waals surface area contributed by atoms with Crippen molar-refractivity contribution in [2.45, 2.75) is 0 Å². The van der Waals surface area contributed by atoms with E-state index in [1.807, 2.05) is 18.2 Å². The van der Waals surface area contributed by atoms with Crippen LogP contribution in [0.1, 0.15) is 0 Å². The molecule has 19 heavy (non-hydrogen) atoms. The lowest BCUT2D eigenvalue weighted by Crippen LogP contribution is -2.30.